The highest BCUT2D eigenvalue weighted by atomic mass is 19.1. The van der Waals surface area contributed by atoms with Gasteiger partial charge in [0.15, 0.2) is 6.61 Å². The number of halogens is 1. The van der Waals surface area contributed by atoms with Crippen molar-refractivity contribution in [3.05, 3.63) is 29.1 Å². The van der Waals surface area contributed by atoms with Gasteiger partial charge < -0.3 is 15.8 Å². The molecule has 92 valence electrons. The van der Waals surface area contributed by atoms with Crippen LogP contribution in [0.25, 0.3) is 0 Å². The van der Waals surface area contributed by atoms with Crippen molar-refractivity contribution in [2.24, 2.45) is 0 Å². The molecule has 0 saturated heterocycles. The fraction of sp³-hybridized carbons (Fsp3) is 0.273. The predicted molar refractivity (Wildman–Crippen MR) is 59.9 cm³/mol. The average Bonchev–Trinajstić information content (AvgIpc) is 2.31. The lowest BCUT2D eigenvalue weighted by Crippen LogP contribution is -2.25. The molecule has 17 heavy (non-hydrogen) atoms. The van der Waals surface area contributed by atoms with Gasteiger partial charge in [-0.15, -0.1) is 0 Å². The Labute approximate surface area is 97.7 Å². The maximum atomic E-state index is 13.3. The predicted octanol–water partition coefficient (Wildman–Crippen LogP) is 0.619. The Hall–Kier alpha value is -2.11. The van der Waals surface area contributed by atoms with Crippen molar-refractivity contribution in [3.63, 3.8) is 0 Å². The zero-order chi connectivity index (χ0) is 13.0. The van der Waals surface area contributed by atoms with Crippen molar-refractivity contribution in [3.8, 4) is 0 Å². The quantitative estimate of drug-likeness (QED) is 0.599. The van der Waals surface area contributed by atoms with Gasteiger partial charge in [-0.25, -0.2) is 9.18 Å². The van der Waals surface area contributed by atoms with E-state index in [0.29, 0.717) is 0 Å². The van der Waals surface area contributed by atoms with Crippen molar-refractivity contribution >= 4 is 17.6 Å². The number of hydrogen-bond donors (Lipinski definition) is 2. The Morgan fingerprint density at radius 2 is 2.12 bits per heavy atom. The van der Waals surface area contributed by atoms with Crippen molar-refractivity contribution in [2.75, 3.05) is 19.4 Å². The van der Waals surface area contributed by atoms with Crippen LogP contribution in [-0.2, 0) is 9.53 Å². The number of esters is 1. The van der Waals surface area contributed by atoms with E-state index in [0.717, 1.165) is 6.07 Å². The summed E-state index contributed by atoms with van der Waals surface area (Å²) in [5.41, 5.74) is 5.93. The van der Waals surface area contributed by atoms with Gasteiger partial charge in [-0.1, -0.05) is 0 Å². The highest BCUT2D eigenvalue weighted by molar-refractivity contribution is 5.92. The molecule has 0 aliphatic heterocycles. The van der Waals surface area contributed by atoms with E-state index in [1.807, 2.05) is 0 Å². The molecule has 0 aliphatic carbocycles. The van der Waals surface area contributed by atoms with Gasteiger partial charge in [0, 0.05) is 18.3 Å². The minimum absolute atomic E-state index is 0.0190. The van der Waals surface area contributed by atoms with Crippen LogP contribution in [-0.4, -0.2) is 25.5 Å². The summed E-state index contributed by atoms with van der Waals surface area (Å²) < 4.78 is 18.0. The topological polar surface area (TPSA) is 81.4 Å². The lowest BCUT2D eigenvalue weighted by Gasteiger charge is -2.07. The molecule has 1 aromatic rings. The average molecular weight is 240 g/mol. The summed E-state index contributed by atoms with van der Waals surface area (Å²) in [4.78, 5) is 22.3. The first kappa shape index (κ1) is 13.0. The van der Waals surface area contributed by atoms with Crippen LogP contribution in [0.4, 0.5) is 10.1 Å². The Morgan fingerprint density at radius 3 is 2.65 bits per heavy atom. The van der Waals surface area contributed by atoms with Crippen molar-refractivity contribution < 1.29 is 18.7 Å². The zero-order valence-electron chi connectivity index (χ0n) is 9.54. The molecule has 5 nitrogen and oxygen atoms in total. The standard InChI is InChI=1S/C11H13FN2O3/c1-6-8(12)3-7(4-9(6)13)11(16)17-5-10(15)14-2/h3-4H,5,13H2,1-2H3,(H,14,15). The molecule has 0 fully saturated rings. The van der Waals surface area contributed by atoms with Gasteiger partial charge >= 0.3 is 5.97 Å². The molecule has 0 bridgehead atoms. The molecular weight excluding hydrogens is 227 g/mol. The summed E-state index contributed by atoms with van der Waals surface area (Å²) in [5, 5.41) is 2.29. The Morgan fingerprint density at radius 1 is 1.47 bits per heavy atom. The van der Waals surface area contributed by atoms with E-state index in [-0.39, 0.29) is 16.8 Å². The minimum Gasteiger partial charge on any atom is -0.452 e. The molecule has 0 radical (unpaired) electrons. The first-order valence-electron chi connectivity index (χ1n) is 4.89. The van der Waals surface area contributed by atoms with Crippen LogP contribution in [0.2, 0.25) is 0 Å². The van der Waals surface area contributed by atoms with E-state index < -0.39 is 24.3 Å². The van der Waals surface area contributed by atoms with Gasteiger partial charge in [-0.05, 0) is 19.1 Å². The van der Waals surface area contributed by atoms with Crippen molar-refractivity contribution in [1.82, 2.24) is 5.32 Å². The molecule has 3 N–H and O–H groups in total. The molecule has 1 amide bonds. The van der Waals surface area contributed by atoms with Crippen LogP contribution in [0.3, 0.4) is 0 Å². The molecule has 1 rings (SSSR count). The number of carbonyl (C=O) groups excluding carboxylic acids is 2. The lowest BCUT2D eigenvalue weighted by atomic mass is 10.1. The number of hydrogen-bond acceptors (Lipinski definition) is 4. The van der Waals surface area contributed by atoms with Crippen molar-refractivity contribution in [1.29, 1.82) is 0 Å². The summed E-state index contributed by atoms with van der Waals surface area (Å²) in [6, 6.07) is 2.34. The molecule has 0 aromatic heterocycles. The van der Waals surface area contributed by atoms with Crippen molar-refractivity contribution in [2.45, 2.75) is 6.92 Å². The molecular formula is C11H13FN2O3. The first-order chi connectivity index (χ1) is 7.95. The smallest absolute Gasteiger partial charge is 0.338 e. The molecule has 0 atom stereocenters. The third kappa shape index (κ3) is 3.17. The number of carbonyl (C=O) groups is 2. The third-order valence-electron chi connectivity index (χ3n) is 2.23. The number of likely N-dealkylation sites (N-methyl/N-ethyl adjacent to an activating group) is 1. The molecule has 0 saturated carbocycles. The van der Waals surface area contributed by atoms with Gasteiger partial charge in [0.2, 0.25) is 0 Å². The SMILES string of the molecule is CNC(=O)COC(=O)c1cc(N)c(C)c(F)c1. The fourth-order valence-electron chi connectivity index (χ4n) is 1.10. The third-order valence-corrected chi connectivity index (χ3v) is 2.23. The number of nitrogens with two attached hydrogens (primary N) is 1. The summed E-state index contributed by atoms with van der Waals surface area (Å²) in [5.74, 6) is -1.82. The maximum absolute atomic E-state index is 13.3. The van der Waals surface area contributed by atoms with Crippen LogP contribution < -0.4 is 11.1 Å². The summed E-state index contributed by atoms with van der Waals surface area (Å²) in [7, 11) is 1.42. The monoisotopic (exact) mass is 240 g/mol. The second kappa shape index (κ2) is 5.29. The normalized spacial score (nSPS) is 9.82. The Balaban J connectivity index is 2.80. The second-order valence-electron chi connectivity index (χ2n) is 3.42. The highest BCUT2D eigenvalue weighted by Gasteiger charge is 2.13. The highest BCUT2D eigenvalue weighted by Crippen LogP contribution is 2.18. The summed E-state index contributed by atoms with van der Waals surface area (Å²) in [6.45, 7) is 1.09. The zero-order valence-corrected chi connectivity index (χ0v) is 9.54. The van der Waals surface area contributed by atoms with Crippen LogP contribution in [0.15, 0.2) is 12.1 Å². The number of rotatable bonds is 3. The molecule has 0 spiro atoms. The number of nitrogen functional groups attached to an aromatic ring is 1. The Bertz CT molecular complexity index is 437. The Kier molecular flexibility index (Phi) is 4.03. The number of ether oxygens (including phenoxy) is 1. The fourth-order valence-corrected chi connectivity index (χ4v) is 1.10. The number of nitrogens with one attached hydrogen (secondary N) is 1. The maximum Gasteiger partial charge on any atom is 0.338 e. The van der Waals surface area contributed by atoms with Crippen LogP contribution in [0.1, 0.15) is 15.9 Å². The van der Waals surface area contributed by atoms with E-state index in [4.69, 9.17) is 5.73 Å². The van der Waals surface area contributed by atoms with E-state index in [1.54, 1.807) is 0 Å². The van der Waals surface area contributed by atoms with Gasteiger partial charge in [0.1, 0.15) is 5.82 Å². The molecule has 6 heteroatoms. The van der Waals surface area contributed by atoms with Gasteiger partial charge in [-0.3, -0.25) is 4.79 Å². The molecule has 0 unspecified atom stereocenters. The largest absolute Gasteiger partial charge is 0.452 e. The second-order valence-corrected chi connectivity index (χ2v) is 3.42. The van der Waals surface area contributed by atoms with E-state index in [1.165, 1.54) is 20.0 Å². The molecule has 1 aromatic carbocycles. The minimum atomic E-state index is -0.792. The van der Waals surface area contributed by atoms with E-state index in [2.05, 4.69) is 10.1 Å². The van der Waals surface area contributed by atoms with Crippen LogP contribution in [0, 0.1) is 12.7 Å². The van der Waals surface area contributed by atoms with Crippen LogP contribution >= 0.6 is 0 Å². The first-order valence-corrected chi connectivity index (χ1v) is 4.89. The van der Waals surface area contributed by atoms with E-state index >= 15 is 0 Å². The summed E-state index contributed by atoms with van der Waals surface area (Å²) in [6.07, 6.45) is 0. The molecule has 0 aliphatic rings. The van der Waals surface area contributed by atoms with Gasteiger partial charge in [0.05, 0.1) is 5.56 Å². The number of amides is 1. The molecule has 0 heterocycles. The van der Waals surface area contributed by atoms with E-state index in [9.17, 15) is 14.0 Å². The van der Waals surface area contributed by atoms with Gasteiger partial charge in [-0.2, -0.15) is 0 Å². The van der Waals surface area contributed by atoms with Gasteiger partial charge in [0.25, 0.3) is 5.91 Å². The number of benzene rings is 1. The number of anilines is 1. The summed E-state index contributed by atoms with van der Waals surface area (Å²) >= 11 is 0. The van der Waals surface area contributed by atoms with Crippen LogP contribution in [0.5, 0.6) is 0 Å². The lowest BCUT2D eigenvalue weighted by molar-refractivity contribution is -0.123.